The molecule has 1 fully saturated rings. The molecule has 0 saturated carbocycles. The summed E-state index contributed by atoms with van der Waals surface area (Å²) in [6, 6.07) is 7.26. The predicted octanol–water partition coefficient (Wildman–Crippen LogP) is 2.64. The maximum Gasteiger partial charge on any atom is 0.246 e. The number of thioether (sulfide) groups is 1. The number of benzene rings is 1. The molecule has 2 amide bonds. The van der Waals surface area contributed by atoms with E-state index in [9.17, 15) is 9.59 Å². The van der Waals surface area contributed by atoms with Gasteiger partial charge in [0.1, 0.15) is 6.04 Å². The molecular formula is C16H20N2O2S. The molecule has 0 aromatic heterocycles. The van der Waals surface area contributed by atoms with E-state index < -0.39 is 6.04 Å². The van der Waals surface area contributed by atoms with Gasteiger partial charge in [-0.25, -0.2) is 0 Å². The van der Waals surface area contributed by atoms with Crippen molar-refractivity contribution in [2.75, 3.05) is 11.1 Å². The average molecular weight is 304 g/mol. The normalized spacial score (nSPS) is 28.8. The van der Waals surface area contributed by atoms with Crippen LogP contribution in [0.4, 0.5) is 5.69 Å². The van der Waals surface area contributed by atoms with Crippen LogP contribution in [-0.2, 0) is 16.1 Å². The van der Waals surface area contributed by atoms with Gasteiger partial charge >= 0.3 is 0 Å². The molecule has 1 aromatic carbocycles. The summed E-state index contributed by atoms with van der Waals surface area (Å²) in [5.74, 6) is 0.997. The molecule has 2 aliphatic rings. The zero-order valence-electron chi connectivity index (χ0n) is 12.4. The Morgan fingerprint density at radius 2 is 2.19 bits per heavy atom. The van der Waals surface area contributed by atoms with Crippen molar-refractivity contribution in [3.8, 4) is 0 Å². The van der Waals surface area contributed by atoms with E-state index in [2.05, 4.69) is 5.32 Å². The SMILES string of the molecule is CC1C(=O)Nc2ccccc2CN1C(=O)C1(C)CCCS1. The first-order chi connectivity index (χ1) is 10.0. The lowest BCUT2D eigenvalue weighted by Gasteiger charge is -2.33. The second kappa shape index (κ2) is 5.37. The molecule has 0 bridgehead atoms. The largest absolute Gasteiger partial charge is 0.325 e. The maximum absolute atomic E-state index is 13.0. The minimum absolute atomic E-state index is 0.0874. The summed E-state index contributed by atoms with van der Waals surface area (Å²) in [4.78, 5) is 27.0. The molecule has 1 aromatic rings. The van der Waals surface area contributed by atoms with Crippen LogP contribution >= 0.6 is 11.8 Å². The van der Waals surface area contributed by atoms with Gasteiger partial charge in [0.15, 0.2) is 0 Å². The van der Waals surface area contributed by atoms with Gasteiger partial charge in [-0.05, 0) is 44.1 Å². The summed E-state index contributed by atoms with van der Waals surface area (Å²) in [5.41, 5.74) is 1.81. The van der Waals surface area contributed by atoms with E-state index in [0.29, 0.717) is 6.54 Å². The van der Waals surface area contributed by atoms with Crippen LogP contribution in [0.2, 0.25) is 0 Å². The van der Waals surface area contributed by atoms with Crippen LogP contribution < -0.4 is 5.32 Å². The molecule has 1 N–H and O–H groups in total. The third kappa shape index (κ3) is 2.55. The number of carbonyl (C=O) groups is 2. The molecule has 2 aliphatic heterocycles. The Morgan fingerprint density at radius 3 is 2.90 bits per heavy atom. The minimum atomic E-state index is -0.442. The fourth-order valence-corrected chi connectivity index (χ4v) is 4.25. The third-order valence-electron chi connectivity index (χ3n) is 4.39. The van der Waals surface area contributed by atoms with E-state index in [0.717, 1.165) is 29.8 Å². The molecule has 4 nitrogen and oxygen atoms in total. The van der Waals surface area contributed by atoms with Gasteiger partial charge in [0.05, 0.1) is 4.75 Å². The number of hydrogen-bond acceptors (Lipinski definition) is 3. The quantitative estimate of drug-likeness (QED) is 0.868. The number of amides is 2. The molecule has 0 aliphatic carbocycles. The van der Waals surface area contributed by atoms with Gasteiger partial charge in [-0.1, -0.05) is 18.2 Å². The summed E-state index contributed by atoms with van der Waals surface area (Å²) in [7, 11) is 0. The monoisotopic (exact) mass is 304 g/mol. The minimum Gasteiger partial charge on any atom is -0.325 e. The third-order valence-corrected chi connectivity index (χ3v) is 5.90. The molecule has 21 heavy (non-hydrogen) atoms. The van der Waals surface area contributed by atoms with Crippen molar-refractivity contribution in [3.63, 3.8) is 0 Å². The van der Waals surface area contributed by atoms with Gasteiger partial charge < -0.3 is 10.2 Å². The molecule has 0 spiro atoms. The van der Waals surface area contributed by atoms with Crippen molar-refractivity contribution >= 4 is 29.3 Å². The second-order valence-corrected chi connectivity index (χ2v) is 7.54. The van der Waals surface area contributed by atoms with Gasteiger partial charge in [-0.3, -0.25) is 9.59 Å². The topological polar surface area (TPSA) is 49.4 Å². The number of nitrogens with zero attached hydrogens (tertiary/aromatic N) is 1. The maximum atomic E-state index is 13.0. The van der Waals surface area contributed by atoms with E-state index in [1.807, 2.05) is 38.1 Å². The fourth-order valence-electron chi connectivity index (χ4n) is 2.98. The number of para-hydroxylation sites is 1. The van der Waals surface area contributed by atoms with Gasteiger partial charge in [0.2, 0.25) is 11.8 Å². The first-order valence-corrected chi connectivity index (χ1v) is 8.34. The molecule has 1 saturated heterocycles. The molecule has 3 rings (SSSR count). The molecule has 2 heterocycles. The van der Waals surface area contributed by atoms with Crippen molar-refractivity contribution in [1.29, 1.82) is 0 Å². The van der Waals surface area contributed by atoms with Crippen LogP contribution in [0.3, 0.4) is 0 Å². The van der Waals surface area contributed by atoms with E-state index in [4.69, 9.17) is 0 Å². The van der Waals surface area contributed by atoms with E-state index >= 15 is 0 Å². The molecular weight excluding hydrogens is 284 g/mol. The Bertz CT molecular complexity index is 581. The fraction of sp³-hybridized carbons (Fsp3) is 0.500. The van der Waals surface area contributed by atoms with Crippen LogP contribution in [-0.4, -0.2) is 33.3 Å². The van der Waals surface area contributed by atoms with E-state index in [1.54, 1.807) is 16.7 Å². The number of rotatable bonds is 1. The molecule has 0 radical (unpaired) electrons. The van der Waals surface area contributed by atoms with Gasteiger partial charge in [-0.15, -0.1) is 11.8 Å². The summed E-state index contributed by atoms with van der Waals surface area (Å²) < 4.78 is -0.381. The number of nitrogens with one attached hydrogen (secondary N) is 1. The zero-order chi connectivity index (χ0) is 15.0. The van der Waals surface area contributed by atoms with Gasteiger partial charge in [0.25, 0.3) is 0 Å². The second-order valence-electron chi connectivity index (χ2n) is 5.94. The van der Waals surface area contributed by atoms with E-state index in [-0.39, 0.29) is 16.6 Å². The number of hydrogen-bond donors (Lipinski definition) is 1. The van der Waals surface area contributed by atoms with Crippen LogP contribution in [0.25, 0.3) is 0 Å². The van der Waals surface area contributed by atoms with Gasteiger partial charge in [-0.2, -0.15) is 0 Å². The van der Waals surface area contributed by atoms with Crippen LogP contribution in [0, 0.1) is 0 Å². The molecule has 2 atom stereocenters. The number of fused-ring (bicyclic) bond motifs is 1. The molecule has 112 valence electrons. The highest BCUT2D eigenvalue weighted by Gasteiger charge is 2.43. The smallest absolute Gasteiger partial charge is 0.246 e. The first kappa shape index (κ1) is 14.4. The Hall–Kier alpha value is -1.49. The average Bonchev–Trinajstić information content (AvgIpc) is 2.88. The standard InChI is InChI=1S/C16H20N2O2S/c1-11-14(19)17-13-7-4-3-6-12(13)10-18(11)15(20)16(2)8-5-9-21-16/h3-4,6-7,11H,5,8-10H2,1-2H3,(H,17,19). The van der Waals surface area contributed by atoms with Crippen molar-refractivity contribution in [2.24, 2.45) is 0 Å². The Morgan fingerprint density at radius 1 is 1.43 bits per heavy atom. The highest BCUT2D eigenvalue weighted by Crippen LogP contribution is 2.40. The number of carbonyl (C=O) groups excluding carboxylic acids is 2. The molecule has 2 unspecified atom stereocenters. The van der Waals surface area contributed by atoms with Gasteiger partial charge in [0, 0.05) is 12.2 Å². The zero-order valence-corrected chi connectivity index (χ0v) is 13.2. The van der Waals surface area contributed by atoms with Crippen molar-refractivity contribution in [1.82, 2.24) is 4.90 Å². The summed E-state index contributed by atoms with van der Waals surface area (Å²) in [6.07, 6.45) is 1.96. The van der Waals surface area contributed by atoms with Crippen LogP contribution in [0.1, 0.15) is 32.3 Å². The lowest BCUT2D eigenvalue weighted by molar-refractivity contribution is -0.140. The van der Waals surface area contributed by atoms with Crippen molar-refractivity contribution in [2.45, 2.75) is 44.0 Å². The number of anilines is 1. The Balaban J connectivity index is 1.94. The van der Waals surface area contributed by atoms with Crippen LogP contribution in [0.15, 0.2) is 24.3 Å². The van der Waals surface area contributed by atoms with E-state index in [1.165, 1.54) is 0 Å². The Kier molecular flexibility index (Phi) is 3.69. The Labute approximate surface area is 129 Å². The van der Waals surface area contributed by atoms with Crippen molar-refractivity contribution < 1.29 is 9.59 Å². The van der Waals surface area contributed by atoms with Crippen molar-refractivity contribution in [3.05, 3.63) is 29.8 Å². The lowest BCUT2D eigenvalue weighted by Crippen LogP contribution is -2.50. The predicted molar refractivity (Wildman–Crippen MR) is 85.2 cm³/mol. The first-order valence-electron chi connectivity index (χ1n) is 7.35. The summed E-state index contributed by atoms with van der Waals surface area (Å²) in [6.45, 7) is 4.31. The molecule has 5 heteroatoms. The van der Waals surface area contributed by atoms with Crippen LogP contribution in [0.5, 0.6) is 0 Å². The highest BCUT2D eigenvalue weighted by atomic mass is 32.2. The summed E-state index contributed by atoms with van der Waals surface area (Å²) >= 11 is 1.71. The highest BCUT2D eigenvalue weighted by molar-refractivity contribution is 8.01. The summed E-state index contributed by atoms with van der Waals surface area (Å²) in [5, 5.41) is 2.92. The lowest BCUT2D eigenvalue weighted by atomic mass is 10.0.